The van der Waals surface area contributed by atoms with E-state index in [-0.39, 0.29) is 23.1 Å². The maximum atomic E-state index is 13.1. The van der Waals surface area contributed by atoms with Crippen molar-refractivity contribution >= 4 is 17.2 Å². The highest BCUT2D eigenvalue weighted by Gasteiger charge is 2.47. The summed E-state index contributed by atoms with van der Waals surface area (Å²) in [5.41, 5.74) is 5.37. The fourth-order valence-electron chi connectivity index (χ4n) is 3.36. The molecule has 0 aliphatic carbocycles. The van der Waals surface area contributed by atoms with Crippen molar-refractivity contribution in [3.63, 3.8) is 0 Å². The molecule has 0 atom stereocenters. The summed E-state index contributed by atoms with van der Waals surface area (Å²) in [4.78, 5) is 21.2. The summed E-state index contributed by atoms with van der Waals surface area (Å²) in [6.07, 6.45) is 2.18. The van der Waals surface area contributed by atoms with Crippen molar-refractivity contribution in [2.75, 3.05) is 5.73 Å². The Bertz CT molecular complexity index is 964. The van der Waals surface area contributed by atoms with Crippen LogP contribution in [0.3, 0.4) is 0 Å². The number of rotatable bonds is 4. The van der Waals surface area contributed by atoms with Gasteiger partial charge in [0.15, 0.2) is 5.78 Å². The molecule has 0 saturated carbocycles. The molecule has 1 aromatic heterocycles. The van der Waals surface area contributed by atoms with E-state index in [0.717, 1.165) is 5.56 Å². The topological polar surface area (TPSA) is 108 Å². The van der Waals surface area contributed by atoms with Gasteiger partial charge >= 0.3 is 6.01 Å². The number of carbonyl (C=O) groups is 1. The predicted molar refractivity (Wildman–Crippen MR) is 106 cm³/mol. The number of ether oxygens (including phenoxy) is 2. The van der Waals surface area contributed by atoms with Crippen LogP contribution in [0.4, 0.5) is 5.82 Å². The van der Waals surface area contributed by atoms with E-state index < -0.39 is 11.2 Å². The minimum atomic E-state index is -1.07. The van der Waals surface area contributed by atoms with E-state index in [4.69, 9.17) is 15.2 Å². The van der Waals surface area contributed by atoms with E-state index in [1.807, 2.05) is 13.0 Å². The number of benzene rings is 1. The van der Waals surface area contributed by atoms with Gasteiger partial charge in [0.1, 0.15) is 28.5 Å². The van der Waals surface area contributed by atoms with E-state index in [0.29, 0.717) is 23.6 Å². The van der Waals surface area contributed by atoms with Crippen molar-refractivity contribution in [1.29, 1.82) is 0 Å². The molecule has 1 aliphatic heterocycles. The zero-order chi connectivity index (χ0) is 20.7. The molecule has 1 aromatic carbocycles. The van der Waals surface area contributed by atoms with Crippen molar-refractivity contribution in [1.82, 2.24) is 9.97 Å². The first-order valence-electron chi connectivity index (χ1n) is 9.13. The maximum Gasteiger partial charge on any atom is 0.323 e. The van der Waals surface area contributed by atoms with Crippen molar-refractivity contribution in [2.24, 2.45) is 0 Å². The molecule has 2 heterocycles. The van der Waals surface area contributed by atoms with Gasteiger partial charge in [0, 0.05) is 6.20 Å². The average Bonchev–Trinajstić information content (AvgIpc) is 2.60. The molecule has 0 amide bonds. The second kappa shape index (κ2) is 6.91. The molecule has 3 N–H and O–H groups in total. The van der Waals surface area contributed by atoms with Crippen molar-refractivity contribution in [2.45, 2.75) is 52.2 Å². The molecule has 7 nitrogen and oxygen atoms in total. The predicted octanol–water partition coefficient (Wildman–Crippen LogP) is 3.84. The Hall–Kier alpha value is -2.93. The zero-order valence-corrected chi connectivity index (χ0v) is 16.7. The fraction of sp³-hybridized carbons (Fsp3) is 0.381. The van der Waals surface area contributed by atoms with Gasteiger partial charge in [-0.2, -0.15) is 4.98 Å². The SMILES string of the molecule is CCc1ccc(Oc2nccc(N)n2)cc1C1=C(O)C(C)(C)OC(C)(C)C1=O. The van der Waals surface area contributed by atoms with Gasteiger partial charge in [-0.3, -0.25) is 4.79 Å². The number of aromatic nitrogens is 2. The maximum absolute atomic E-state index is 13.1. The summed E-state index contributed by atoms with van der Waals surface area (Å²) < 4.78 is 11.5. The molecule has 2 aromatic rings. The molecule has 0 saturated heterocycles. The summed E-state index contributed by atoms with van der Waals surface area (Å²) in [6, 6.07) is 7.01. The third kappa shape index (κ3) is 3.57. The number of anilines is 1. The highest BCUT2D eigenvalue weighted by atomic mass is 16.5. The van der Waals surface area contributed by atoms with Gasteiger partial charge in [-0.05, 0) is 63.4 Å². The van der Waals surface area contributed by atoms with Crippen LogP contribution in [0.1, 0.15) is 45.7 Å². The monoisotopic (exact) mass is 383 g/mol. The number of nitrogens with zero attached hydrogens (tertiary/aromatic N) is 2. The minimum absolute atomic E-state index is 0.0936. The van der Waals surface area contributed by atoms with Gasteiger partial charge in [-0.1, -0.05) is 13.0 Å². The van der Waals surface area contributed by atoms with Crippen LogP contribution in [0.15, 0.2) is 36.2 Å². The summed E-state index contributed by atoms with van der Waals surface area (Å²) in [6.45, 7) is 8.87. The Balaban J connectivity index is 2.13. The Morgan fingerprint density at radius 2 is 1.89 bits per heavy atom. The highest BCUT2D eigenvalue weighted by molar-refractivity contribution is 6.26. The first-order valence-corrected chi connectivity index (χ1v) is 9.13. The molecule has 0 radical (unpaired) electrons. The van der Waals surface area contributed by atoms with E-state index in [2.05, 4.69) is 9.97 Å². The number of aryl methyl sites for hydroxylation is 1. The van der Waals surface area contributed by atoms with Gasteiger partial charge in [0.05, 0.1) is 5.57 Å². The number of aliphatic hydroxyl groups is 1. The summed E-state index contributed by atoms with van der Waals surface area (Å²) in [7, 11) is 0. The van der Waals surface area contributed by atoms with Crippen molar-refractivity contribution in [3.8, 4) is 11.8 Å². The second-order valence-corrected chi connectivity index (χ2v) is 7.71. The third-order valence-corrected chi connectivity index (χ3v) is 4.69. The molecular formula is C21H25N3O4. The van der Waals surface area contributed by atoms with Gasteiger partial charge in [0.25, 0.3) is 0 Å². The van der Waals surface area contributed by atoms with E-state index in [1.165, 1.54) is 6.20 Å². The smallest absolute Gasteiger partial charge is 0.323 e. The van der Waals surface area contributed by atoms with Crippen molar-refractivity contribution in [3.05, 3.63) is 47.3 Å². The van der Waals surface area contributed by atoms with E-state index in [9.17, 15) is 9.90 Å². The lowest BCUT2D eigenvalue weighted by atomic mass is 9.81. The Labute approximate surface area is 164 Å². The first kappa shape index (κ1) is 19.8. The molecule has 0 spiro atoms. The lowest BCUT2D eigenvalue weighted by molar-refractivity contribution is -0.158. The molecule has 148 valence electrons. The number of nitrogen functional groups attached to an aromatic ring is 1. The van der Waals surface area contributed by atoms with Crippen LogP contribution >= 0.6 is 0 Å². The van der Waals surface area contributed by atoms with Crippen LogP contribution < -0.4 is 10.5 Å². The van der Waals surface area contributed by atoms with Crippen LogP contribution in [0.2, 0.25) is 0 Å². The molecule has 0 unspecified atom stereocenters. The number of carbonyl (C=O) groups excluding carboxylic acids is 1. The minimum Gasteiger partial charge on any atom is -0.508 e. The highest BCUT2D eigenvalue weighted by Crippen LogP contribution is 2.41. The third-order valence-electron chi connectivity index (χ3n) is 4.69. The van der Waals surface area contributed by atoms with E-state index in [1.54, 1.807) is 45.9 Å². The molecule has 0 bridgehead atoms. The van der Waals surface area contributed by atoms with Gasteiger partial charge in [0.2, 0.25) is 0 Å². The van der Waals surface area contributed by atoms with E-state index >= 15 is 0 Å². The molecule has 1 aliphatic rings. The number of hydrogen-bond donors (Lipinski definition) is 2. The zero-order valence-electron chi connectivity index (χ0n) is 16.7. The average molecular weight is 383 g/mol. The molecule has 28 heavy (non-hydrogen) atoms. The lowest BCUT2D eigenvalue weighted by Crippen LogP contribution is -2.49. The molecule has 0 fully saturated rings. The Morgan fingerprint density at radius 3 is 2.54 bits per heavy atom. The number of hydrogen-bond acceptors (Lipinski definition) is 7. The van der Waals surface area contributed by atoms with Gasteiger partial charge < -0.3 is 20.3 Å². The van der Waals surface area contributed by atoms with Crippen molar-refractivity contribution < 1.29 is 19.4 Å². The van der Waals surface area contributed by atoms with Crippen LogP contribution in [0, 0.1) is 0 Å². The number of aliphatic hydroxyl groups excluding tert-OH is 1. The van der Waals surface area contributed by atoms with Gasteiger partial charge in [-0.25, -0.2) is 4.98 Å². The van der Waals surface area contributed by atoms with Crippen LogP contribution in [0.5, 0.6) is 11.8 Å². The molecular weight excluding hydrogens is 358 g/mol. The lowest BCUT2D eigenvalue weighted by Gasteiger charge is -2.40. The number of nitrogens with two attached hydrogens (primary N) is 1. The largest absolute Gasteiger partial charge is 0.508 e. The normalized spacial score (nSPS) is 18.2. The quantitative estimate of drug-likeness (QED) is 0.826. The first-order chi connectivity index (χ1) is 13.0. The molecule has 3 rings (SSSR count). The Morgan fingerprint density at radius 1 is 1.18 bits per heavy atom. The fourth-order valence-corrected chi connectivity index (χ4v) is 3.36. The molecule has 7 heteroatoms. The Kier molecular flexibility index (Phi) is 4.89. The summed E-state index contributed by atoms with van der Waals surface area (Å²) >= 11 is 0. The number of ketones is 1. The standard InChI is InChI=1S/C21H25N3O4/c1-6-12-7-8-13(27-19-23-10-9-15(22)24-19)11-14(12)16-17(25)20(2,3)28-21(4,5)18(16)26/h7-11,25H,6H2,1-5H3,(H2,22,23,24). The second-order valence-electron chi connectivity index (χ2n) is 7.71. The summed E-state index contributed by atoms with van der Waals surface area (Å²) in [5, 5.41) is 10.8. The van der Waals surface area contributed by atoms with Crippen LogP contribution in [-0.4, -0.2) is 32.1 Å². The van der Waals surface area contributed by atoms with Gasteiger partial charge in [-0.15, -0.1) is 0 Å². The number of Topliss-reactive ketones (excluding diaryl/α,β-unsaturated/α-hetero) is 1. The van der Waals surface area contributed by atoms with Crippen LogP contribution in [0.25, 0.3) is 5.57 Å². The van der Waals surface area contributed by atoms with Crippen LogP contribution in [-0.2, 0) is 16.0 Å². The summed E-state index contributed by atoms with van der Waals surface area (Å²) in [5.74, 6) is 0.354.